The van der Waals surface area contributed by atoms with Gasteiger partial charge in [-0.1, -0.05) is 25.0 Å². The van der Waals surface area contributed by atoms with Crippen LogP contribution < -0.4 is 5.32 Å². The number of hydrogen-bond donors (Lipinski definition) is 1. The molecular weight excluding hydrogens is 260 g/mol. The number of benzene rings is 1. The lowest BCUT2D eigenvalue weighted by molar-refractivity contribution is 0.0928. The van der Waals surface area contributed by atoms with Crippen molar-refractivity contribution < 1.29 is 4.79 Å². The summed E-state index contributed by atoms with van der Waals surface area (Å²) in [4.78, 5) is 16.8. The number of aromatic nitrogens is 1. The average molecular weight is 280 g/mol. The average Bonchev–Trinajstić information content (AvgIpc) is 3.12. The lowest BCUT2D eigenvalue weighted by Crippen LogP contribution is -2.37. The Hall–Kier alpha value is -1.90. The van der Waals surface area contributed by atoms with Crippen LogP contribution >= 0.6 is 0 Å². The molecule has 0 aliphatic heterocycles. The van der Waals surface area contributed by atoms with E-state index in [0.717, 1.165) is 28.7 Å². The molecule has 0 bridgehead atoms. The Morgan fingerprint density at radius 1 is 1.14 bits per heavy atom. The molecule has 3 atom stereocenters. The summed E-state index contributed by atoms with van der Waals surface area (Å²) in [5, 5.41) is 5.31. The Labute approximate surface area is 124 Å². The summed E-state index contributed by atoms with van der Waals surface area (Å²) in [6, 6.07) is 8.16. The van der Waals surface area contributed by atoms with Crippen LogP contribution in [0.5, 0.6) is 0 Å². The molecule has 0 radical (unpaired) electrons. The molecule has 0 unspecified atom stereocenters. The third-order valence-electron chi connectivity index (χ3n) is 5.33. The summed E-state index contributed by atoms with van der Waals surface area (Å²) in [5.74, 6) is 1.64. The van der Waals surface area contributed by atoms with Crippen molar-refractivity contribution in [3.05, 3.63) is 42.2 Å². The maximum Gasteiger partial charge on any atom is 0.252 e. The molecule has 1 heterocycles. The molecule has 0 saturated heterocycles. The van der Waals surface area contributed by atoms with Gasteiger partial charge in [-0.2, -0.15) is 0 Å². The molecule has 108 valence electrons. The number of rotatable bonds is 2. The zero-order valence-electron chi connectivity index (χ0n) is 12.1. The number of carbonyl (C=O) groups excluding carboxylic acids is 1. The molecule has 1 N–H and O–H groups in total. The minimum Gasteiger partial charge on any atom is -0.349 e. The maximum absolute atomic E-state index is 12.7. The molecule has 3 nitrogen and oxygen atoms in total. The summed E-state index contributed by atoms with van der Waals surface area (Å²) in [7, 11) is 0. The zero-order chi connectivity index (χ0) is 14.2. The van der Waals surface area contributed by atoms with Gasteiger partial charge in [-0.05, 0) is 48.6 Å². The van der Waals surface area contributed by atoms with Crippen LogP contribution in [0.1, 0.15) is 42.5 Å². The zero-order valence-corrected chi connectivity index (χ0v) is 12.1. The van der Waals surface area contributed by atoms with Gasteiger partial charge in [0.15, 0.2) is 0 Å². The van der Waals surface area contributed by atoms with Crippen molar-refractivity contribution >= 4 is 16.7 Å². The lowest BCUT2D eigenvalue weighted by atomic mass is 9.97. The van der Waals surface area contributed by atoms with Gasteiger partial charge < -0.3 is 5.32 Å². The van der Waals surface area contributed by atoms with E-state index in [1.807, 2.05) is 30.5 Å². The smallest absolute Gasteiger partial charge is 0.252 e. The van der Waals surface area contributed by atoms with Crippen molar-refractivity contribution in [2.24, 2.45) is 11.8 Å². The second kappa shape index (κ2) is 5.14. The molecule has 0 spiro atoms. The van der Waals surface area contributed by atoms with Crippen LogP contribution in [0.25, 0.3) is 10.8 Å². The van der Waals surface area contributed by atoms with E-state index in [-0.39, 0.29) is 5.91 Å². The van der Waals surface area contributed by atoms with Crippen molar-refractivity contribution in [1.29, 1.82) is 0 Å². The first-order valence-corrected chi connectivity index (χ1v) is 7.96. The summed E-state index contributed by atoms with van der Waals surface area (Å²) < 4.78 is 0. The van der Waals surface area contributed by atoms with Crippen LogP contribution in [-0.4, -0.2) is 16.9 Å². The largest absolute Gasteiger partial charge is 0.349 e. The third kappa shape index (κ3) is 2.21. The molecule has 2 saturated carbocycles. The molecule has 2 fully saturated rings. The SMILES string of the molecule is O=C(N[C@H]1CC[C@@H]2CCC[C@@H]21)c1cccc2cnccc12. The fourth-order valence-corrected chi connectivity index (χ4v) is 4.31. The van der Waals surface area contributed by atoms with E-state index in [0.29, 0.717) is 12.0 Å². The van der Waals surface area contributed by atoms with Gasteiger partial charge >= 0.3 is 0 Å². The Bertz CT molecular complexity index is 676. The summed E-state index contributed by atoms with van der Waals surface area (Å²) in [5.41, 5.74) is 0.774. The predicted octanol–water partition coefficient (Wildman–Crippen LogP) is 3.54. The first-order valence-electron chi connectivity index (χ1n) is 7.96. The molecule has 4 rings (SSSR count). The first-order chi connectivity index (χ1) is 10.3. The number of hydrogen-bond acceptors (Lipinski definition) is 2. The third-order valence-corrected chi connectivity index (χ3v) is 5.33. The van der Waals surface area contributed by atoms with Crippen molar-refractivity contribution in [3.8, 4) is 0 Å². The van der Waals surface area contributed by atoms with Crippen LogP contribution in [0.15, 0.2) is 36.7 Å². The van der Waals surface area contributed by atoms with Crippen LogP contribution in [0, 0.1) is 11.8 Å². The van der Waals surface area contributed by atoms with Gasteiger partial charge in [-0.15, -0.1) is 0 Å². The van der Waals surface area contributed by atoms with Gasteiger partial charge in [-0.3, -0.25) is 9.78 Å². The Morgan fingerprint density at radius 2 is 2.10 bits per heavy atom. The van der Waals surface area contributed by atoms with Crippen molar-refractivity contribution in [3.63, 3.8) is 0 Å². The number of fused-ring (bicyclic) bond motifs is 2. The van der Waals surface area contributed by atoms with E-state index in [1.165, 1.54) is 25.7 Å². The van der Waals surface area contributed by atoms with Crippen molar-refractivity contribution in [1.82, 2.24) is 10.3 Å². The van der Waals surface area contributed by atoms with Gasteiger partial charge in [0.05, 0.1) is 0 Å². The van der Waals surface area contributed by atoms with E-state index < -0.39 is 0 Å². The lowest BCUT2D eigenvalue weighted by Gasteiger charge is -2.20. The highest BCUT2D eigenvalue weighted by atomic mass is 16.1. The second-order valence-corrected chi connectivity index (χ2v) is 6.41. The molecule has 1 aromatic carbocycles. The van der Waals surface area contributed by atoms with E-state index in [9.17, 15) is 4.79 Å². The normalized spacial score (nSPS) is 27.7. The standard InChI is InChI=1S/C18H20N2O/c21-18(20-17-8-7-12-3-1-5-15(12)17)16-6-2-4-13-11-19-10-9-14(13)16/h2,4,6,9-12,15,17H,1,3,5,7-8H2,(H,20,21)/t12-,15-,17-/m0/s1. The first kappa shape index (κ1) is 12.8. The number of pyridine rings is 1. The van der Waals surface area contributed by atoms with E-state index in [4.69, 9.17) is 0 Å². The topological polar surface area (TPSA) is 42.0 Å². The molecule has 2 aliphatic carbocycles. The van der Waals surface area contributed by atoms with Crippen molar-refractivity contribution in [2.45, 2.75) is 38.1 Å². The van der Waals surface area contributed by atoms with Crippen LogP contribution in [0.3, 0.4) is 0 Å². The van der Waals surface area contributed by atoms with Gasteiger partial charge in [0.2, 0.25) is 0 Å². The molecule has 1 aromatic heterocycles. The number of carbonyl (C=O) groups is 1. The second-order valence-electron chi connectivity index (χ2n) is 6.41. The number of nitrogens with zero attached hydrogens (tertiary/aromatic N) is 1. The Kier molecular flexibility index (Phi) is 3.13. The van der Waals surface area contributed by atoms with E-state index >= 15 is 0 Å². The Morgan fingerprint density at radius 3 is 3.05 bits per heavy atom. The fourth-order valence-electron chi connectivity index (χ4n) is 4.31. The predicted molar refractivity (Wildman–Crippen MR) is 83.1 cm³/mol. The van der Waals surface area contributed by atoms with E-state index in [1.54, 1.807) is 6.20 Å². The van der Waals surface area contributed by atoms with Gasteiger partial charge in [0, 0.05) is 29.4 Å². The van der Waals surface area contributed by atoms with Crippen LogP contribution in [0.2, 0.25) is 0 Å². The summed E-state index contributed by atoms with van der Waals surface area (Å²) in [6.07, 6.45) is 9.98. The van der Waals surface area contributed by atoms with Gasteiger partial charge in [-0.25, -0.2) is 0 Å². The van der Waals surface area contributed by atoms with Crippen molar-refractivity contribution in [2.75, 3.05) is 0 Å². The van der Waals surface area contributed by atoms with Gasteiger partial charge in [0.25, 0.3) is 5.91 Å². The van der Waals surface area contributed by atoms with Gasteiger partial charge in [0.1, 0.15) is 0 Å². The van der Waals surface area contributed by atoms with Crippen LogP contribution in [-0.2, 0) is 0 Å². The minimum absolute atomic E-state index is 0.0735. The molecule has 3 heteroatoms. The highest BCUT2D eigenvalue weighted by molar-refractivity contribution is 6.06. The molecule has 21 heavy (non-hydrogen) atoms. The highest BCUT2D eigenvalue weighted by Crippen LogP contribution is 2.44. The monoisotopic (exact) mass is 280 g/mol. The summed E-state index contributed by atoms with van der Waals surface area (Å²) >= 11 is 0. The molecule has 2 aromatic rings. The quantitative estimate of drug-likeness (QED) is 0.914. The number of amides is 1. The Balaban J connectivity index is 1.59. The molecular formula is C18H20N2O. The van der Waals surface area contributed by atoms with E-state index in [2.05, 4.69) is 10.3 Å². The fraction of sp³-hybridized carbons (Fsp3) is 0.444. The maximum atomic E-state index is 12.7. The highest BCUT2D eigenvalue weighted by Gasteiger charge is 2.39. The molecule has 2 aliphatic rings. The summed E-state index contributed by atoms with van der Waals surface area (Å²) in [6.45, 7) is 0. The number of nitrogens with one attached hydrogen (secondary N) is 1. The minimum atomic E-state index is 0.0735. The van der Waals surface area contributed by atoms with Crippen LogP contribution in [0.4, 0.5) is 0 Å². The molecule has 1 amide bonds.